The Morgan fingerprint density at radius 2 is 1.42 bits per heavy atom. The zero-order chi connectivity index (χ0) is 16.8. The maximum atomic E-state index is 7.59. The van der Waals surface area contributed by atoms with Gasteiger partial charge in [-0.25, -0.2) is 0 Å². The zero-order valence-corrected chi connectivity index (χ0v) is 13.1. The van der Waals surface area contributed by atoms with Gasteiger partial charge in [0.1, 0.15) is 29.7 Å². The molecule has 0 atom stereocenters. The van der Waals surface area contributed by atoms with Gasteiger partial charge < -0.3 is 15.2 Å². The van der Waals surface area contributed by atoms with Crippen LogP contribution in [0.3, 0.4) is 0 Å². The lowest BCUT2D eigenvalue weighted by molar-refractivity contribution is 0.306. The first-order valence-corrected chi connectivity index (χ1v) is 7.60. The van der Waals surface area contributed by atoms with Gasteiger partial charge in [-0.3, -0.25) is 5.41 Å². The smallest absolute Gasteiger partial charge is 0.138 e. The van der Waals surface area contributed by atoms with E-state index in [1.54, 1.807) is 12.1 Å². The van der Waals surface area contributed by atoms with E-state index in [2.05, 4.69) is 0 Å². The van der Waals surface area contributed by atoms with E-state index < -0.39 is 0 Å². The summed E-state index contributed by atoms with van der Waals surface area (Å²) in [7, 11) is 0. The molecule has 4 heteroatoms. The van der Waals surface area contributed by atoms with E-state index in [1.165, 1.54) is 0 Å². The SMILES string of the molecule is N=C(N)c1ccccc1Oc1ccc(OCc2ccccc2)cc1. The van der Waals surface area contributed by atoms with E-state index in [0.717, 1.165) is 11.3 Å². The molecule has 3 rings (SSSR count). The third-order valence-corrected chi connectivity index (χ3v) is 3.48. The Hall–Kier alpha value is -3.27. The molecule has 0 saturated heterocycles. The van der Waals surface area contributed by atoms with Crippen LogP contribution in [0.15, 0.2) is 78.9 Å². The number of nitrogens with one attached hydrogen (secondary N) is 1. The Labute approximate surface area is 141 Å². The minimum absolute atomic E-state index is 0.0200. The normalized spacial score (nSPS) is 10.2. The average Bonchev–Trinajstić information content (AvgIpc) is 2.62. The van der Waals surface area contributed by atoms with E-state index in [9.17, 15) is 0 Å². The van der Waals surface area contributed by atoms with Crippen molar-refractivity contribution >= 4 is 5.84 Å². The second-order valence-electron chi connectivity index (χ2n) is 5.26. The Balaban J connectivity index is 1.66. The van der Waals surface area contributed by atoms with Crippen molar-refractivity contribution in [3.63, 3.8) is 0 Å². The molecule has 24 heavy (non-hydrogen) atoms. The summed E-state index contributed by atoms with van der Waals surface area (Å²) in [5.74, 6) is 1.97. The molecule has 0 heterocycles. The van der Waals surface area contributed by atoms with Crippen LogP contribution < -0.4 is 15.2 Å². The van der Waals surface area contributed by atoms with Crippen molar-refractivity contribution in [1.29, 1.82) is 5.41 Å². The molecule has 0 aliphatic carbocycles. The maximum absolute atomic E-state index is 7.59. The number of amidine groups is 1. The molecule has 0 unspecified atom stereocenters. The summed E-state index contributed by atoms with van der Waals surface area (Å²) in [6.07, 6.45) is 0. The van der Waals surface area contributed by atoms with Crippen LogP contribution >= 0.6 is 0 Å². The predicted molar refractivity (Wildman–Crippen MR) is 94.7 cm³/mol. The van der Waals surface area contributed by atoms with Gasteiger partial charge in [0.15, 0.2) is 0 Å². The van der Waals surface area contributed by atoms with E-state index in [0.29, 0.717) is 23.7 Å². The molecule has 0 saturated carbocycles. The second kappa shape index (κ2) is 7.33. The van der Waals surface area contributed by atoms with Gasteiger partial charge in [0.05, 0.1) is 5.56 Å². The Bertz CT molecular complexity index is 815. The highest BCUT2D eigenvalue weighted by Gasteiger charge is 2.07. The molecule has 0 amide bonds. The third kappa shape index (κ3) is 3.93. The van der Waals surface area contributed by atoms with Crippen LogP contribution in [0, 0.1) is 5.41 Å². The molecule has 0 bridgehead atoms. The van der Waals surface area contributed by atoms with E-state index in [4.69, 9.17) is 20.6 Å². The molecule has 3 aromatic rings. The first-order valence-electron chi connectivity index (χ1n) is 7.60. The van der Waals surface area contributed by atoms with Gasteiger partial charge in [-0.05, 0) is 42.0 Å². The van der Waals surface area contributed by atoms with Crippen molar-refractivity contribution in [2.45, 2.75) is 6.61 Å². The summed E-state index contributed by atoms with van der Waals surface area (Å²) in [6, 6.07) is 24.6. The number of ether oxygens (including phenoxy) is 2. The summed E-state index contributed by atoms with van der Waals surface area (Å²) in [4.78, 5) is 0. The maximum Gasteiger partial charge on any atom is 0.138 e. The van der Waals surface area contributed by atoms with E-state index >= 15 is 0 Å². The van der Waals surface area contributed by atoms with Gasteiger partial charge in [-0.15, -0.1) is 0 Å². The summed E-state index contributed by atoms with van der Waals surface area (Å²) in [6.45, 7) is 0.522. The van der Waals surface area contributed by atoms with Crippen LogP contribution in [0.1, 0.15) is 11.1 Å². The van der Waals surface area contributed by atoms with Crippen molar-refractivity contribution in [2.24, 2.45) is 5.73 Å². The predicted octanol–water partition coefficient (Wildman–Crippen LogP) is 4.34. The van der Waals surface area contributed by atoms with Crippen molar-refractivity contribution in [1.82, 2.24) is 0 Å². The van der Waals surface area contributed by atoms with Crippen LogP contribution in [-0.4, -0.2) is 5.84 Å². The fraction of sp³-hybridized carbons (Fsp3) is 0.0500. The van der Waals surface area contributed by atoms with Crippen molar-refractivity contribution in [2.75, 3.05) is 0 Å². The topological polar surface area (TPSA) is 68.3 Å². The van der Waals surface area contributed by atoms with Gasteiger partial charge >= 0.3 is 0 Å². The molecular formula is C20H18N2O2. The van der Waals surface area contributed by atoms with Gasteiger partial charge in [0.2, 0.25) is 0 Å². The number of hydrogen-bond acceptors (Lipinski definition) is 3. The highest BCUT2D eigenvalue weighted by Crippen LogP contribution is 2.26. The van der Waals surface area contributed by atoms with Gasteiger partial charge in [-0.1, -0.05) is 42.5 Å². The van der Waals surface area contributed by atoms with E-state index in [1.807, 2.05) is 66.7 Å². The second-order valence-corrected chi connectivity index (χ2v) is 5.26. The average molecular weight is 318 g/mol. The third-order valence-electron chi connectivity index (χ3n) is 3.48. The largest absolute Gasteiger partial charge is 0.489 e. The monoisotopic (exact) mass is 318 g/mol. The molecule has 120 valence electrons. The summed E-state index contributed by atoms with van der Waals surface area (Å²) < 4.78 is 11.6. The lowest BCUT2D eigenvalue weighted by Crippen LogP contribution is -2.12. The van der Waals surface area contributed by atoms with Gasteiger partial charge in [0, 0.05) is 0 Å². The molecule has 0 spiro atoms. The molecule has 0 fully saturated rings. The molecular weight excluding hydrogens is 300 g/mol. The van der Waals surface area contributed by atoms with Crippen molar-refractivity contribution < 1.29 is 9.47 Å². The Kier molecular flexibility index (Phi) is 4.77. The minimum Gasteiger partial charge on any atom is -0.489 e. The number of rotatable bonds is 6. The number of hydrogen-bond donors (Lipinski definition) is 2. The molecule has 0 aliphatic rings. The molecule has 4 nitrogen and oxygen atoms in total. The molecule has 3 aromatic carbocycles. The zero-order valence-electron chi connectivity index (χ0n) is 13.1. The van der Waals surface area contributed by atoms with Crippen molar-refractivity contribution in [3.8, 4) is 17.2 Å². The lowest BCUT2D eigenvalue weighted by atomic mass is 10.2. The van der Waals surface area contributed by atoms with Crippen LogP contribution in [0.5, 0.6) is 17.2 Å². The number of nitrogens with two attached hydrogens (primary N) is 1. The van der Waals surface area contributed by atoms with Crippen LogP contribution in [0.2, 0.25) is 0 Å². The number of nitrogen functional groups attached to an aromatic ring is 1. The Morgan fingerprint density at radius 1 is 0.792 bits per heavy atom. The highest BCUT2D eigenvalue weighted by molar-refractivity contribution is 5.97. The standard InChI is InChI=1S/C20H18N2O2/c21-20(22)18-8-4-5-9-19(18)24-17-12-10-16(11-13-17)23-14-15-6-2-1-3-7-15/h1-13H,14H2,(H3,21,22). The fourth-order valence-electron chi connectivity index (χ4n) is 2.25. The fourth-order valence-corrected chi connectivity index (χ4v) is 2.25. The first-order chi connectivity index (χ1) is 11.7. The molecule has 0 aliphatic heterocycles. The van der Waals surface area contributed by atoms with Crippen molar-refractivity contribution in [3.05, 3.63) is 90.0 Å². The van der Waals surface area contributed by atoms with Crippen LogP contribution in [0.25, 0.3) is 0 Å². The van der Waals surface area contributed by atoms with Gasteiger partial charge in [-0.2, -0.15) is 0 Å². The van der Waals surface area contributed by atoms with Crippen LogP contribution in [-0.2, 0) is 6.61 Å². The quantitative estimate of drug-likeness (QED) is 0.524. The number of para-hydroxylation sites is 1. The molecule has 3 N–H and O–H groups in total. The Morgan fingerprint density at radius 3 is 2.12 bits per heavy atom. The molecule has 0 radical (unpaired) electrons. The highest BCUT2D eigenvalue weighted by atomic mass is 16.5. The first kappa shape index (κ1) is 15.6. The molecule has 0 aromatic heterocycles. The van der Waals surface area contributed by atoms with Gasteiger partial charge in [0.25, 0.3) is 0 Å². The van der Waals surface area contributed by atoms with E-state index in [-0.39, 0.29) is 5.84 Å². The lowest BCUT2D eigenvalue weighted by Gasteiger charge is -2.11. The minimum atomic E-state index is -0.0200. The number of benzene rings is 3. The summed E-state index contributed by atoms with van der Waals surface area (Å²) in [5, 5.41) is 7.59. The summed E-state index contributed by atoms with van der Waals surface area (Å²) in [5.41, 5.74) is 7.26. The van der Waals surface area contributed by atoms with Crippen LogP contribution in [0.4, 0.5) is 0 Å². The summed E-state index contributed by atoms with van der Waals surface area (Å²) >= 11 is 0.